The second-order valence-electron chi connectivity index (χ2n) is 4.93. The lowest BCUT2D eigenvalue weighted by molar-refractivity contribution is 0.102. The number of benzene rings is 2. The highest BCUT2D eigenvalue weighted by atomic mass is 35.5. The molecule has 0 atom stereocenters. The van der Waals surface area contributed by atoms with Crippen molar-refractivity contribution in [3.63, 3.8) is 0 Å². The van der Waals surface area contributed by atoms with E-state index < -0.39 is 11.7 Å². The van der Waals surface area contributed by atoms with Crippen LogP contribution in [-0.4, -0.2) is 15.7 Å². The standard InChI is InChI=1S/C16H12Cl2FN3O/c1-2-22-15-5-10(4-3-9(15)8-20-22)21-16(23)11-6-14(19)13(18)7-12(11)17/h3-8H,2H2,1H3,(H,21,23). The van der Waals surface area contributed by atoms with Crippen molar-refractivity contribution in [1.82, 2.24) is 9.78 Å². The molecule has 3 rings (SSSR count). The van der Waals surface area contributed by atoms with Gasteiger partial charge in [0.05, 0.1) is 27.3 Å². The Morgan fingerprint density at radius 3 is 2.78 bits per heavy atom. The third kappa shape index (κ3) is 3.02. The van der Waals surface area contributed by atoms with Crippen LogP contribution >= 0.6 is 23.2 Å². The summed E-state index contributed by atoms with van der Waals surface area (Å²) < 4.78 is 15.4. The maximum absolute atomic E-state index is 13.5. The van der Waals surface area contributed by atoms with E-state index in [4.69, 9.17) is 23.2 Å². The molecule has 0 aliphatic heterocycles. The predicted octanol–water partition coefficient (Wildman–Crippen LogP) is 4.75. The maximum Gasteiger partial charge on any atom is 0.257 e. The lowest BCUT2D eigenvalue weighted by atomic mass is 10.2. The largest absolute Gasteiger partial charge is 0.322 e. The summed E-state index contributed by atoms with van der Waals surface area (Å²) in [5, 5.41) is 7.89. The van der Waals surface area contributed by atoms with Crippen LogP contribution in [0, 0.1) is 5.82 Å². The summed E-state index contributed by atoms with van der Waals surface area (Å²) in [6, 6.07) is 7.65. The van der Waals surface area contributed by atoms with Gasteiger partial charge in [0.1, 0.15) is 5.82 Å². The number of hydrogen-bond donors (Lipinski definition) is 1. The van der Waals surface area contributed by atoms with E-state index in [1.807, 2.05) is 23.7 Å². The first-order chi connectivity index (χ1) is 11.0. The van der Waals surface area contributed by atoms with Crippen LogP contribution in [0.15, 0.2) is 36.5 Å². The minimum absolute atomic E-state index is 0.0256. The molecule has 1 heterocycles. The number of aromatic nitrogens is 2. The fourth-order valence-corrected chi connectivity index (χ4v) is 2.76. The molecule has 0 bridgehead atoms. The third-order valence-corrected chi connectivity index (χ3v) is 4.06. The molecule has 0 unspecified atom stereocenters. The number of rotatable bonds is 3. The summed E-state index contributed by atoms with van der Waals surface area (Å²) in [5.41, 5.74) is 1.50. The highest BCUT2D eigenvalue weighted by molar-refractivity contribution is 6.37. The number of nitrogens with one attached hydrogen (secondary N) is 1. The number of anilines is 1. The number of aryl methyl sites for hydroxylation is 1. The van der Waals surface area contributed by atoms with Gasteiger partial charge in [-0.25, -0.2) is 4.39 Å². The molecule has 0 aliphatic rings. The number of carbonyl (C=O) groups is 1. The molecule has 2 aromatic carbocycles. The zero-order valence-corrected chi connectivity index (χ0v) is 13.6. The molecule has 7 heteroatoms. The first kappa shape index (κ1) is 15.8. The average molecular weight is 352 g/mol. The van der Waals surface area contributed by atoms with Crippen molar-refractivity contribution in [2.24, 2.45) is 0 Å². The van der Waals surface area contributed by atoms with Crippen molar-refractivity contribution >= 4 is 45.7 Å². The summed E-state index contributed by atoms with van der Waals surface area (Å²) in [6.45, 7) is 2.70. The van der Waals surface area contributed by atoms with E-state index in [-0.39, 0.29) is 15.6 Å². The molecule has 118 valence electrons. The fraction of sp³-hybridized carbons (Fsp3) is 0.125. The van der Waals surface area contributed by atoms with Crippen LogP contribution < -0.4 is 5.32 Å². The van der Waals surface area contributed by atoms with Crippen molar-refractivity contribution in [2.45, 2.75) is 13.5 Å². The van der Waals surface area contributed by atoms with Crippen molar-refractivity contribution in [1.29, 1.82) is 0 Å². The second kappa shape index (κ2) is 6.18. The quantitative estimate of drug-likeness (QED) is 0.691. The molecule has 0 spiro atoms. The van der Waals surface area contributed by atoms with Gasteiger partial charge in [-0.3, -0.25) is 9.48 Å². The smallest absolute Gasteiger partial charge is 0.257 e. The zero-order chi connectivity index (χ0) is 16.6. The minimum Gasteiger partial charge on any atom is -0.322 e. The normalized spacial score (nSPS) is 11.0. The SMILES string of the molecule is CCn1ncc2ccc(NC(=O)c3cc(F)c(Cl)cc3Cl)cc21. The summed E-state index contributed by atoms with van der Waals surface area (Å²) >= 11 is 11.6. The molecular weight excluding hydrogens is 340 g/mol. The highest BCUT2D eigenvalue weighted by Crippen LogP contribution is 2.26. The Morgan fingerprint density at radius 2 is 2.04 bits per heavy atom. The molecule has 0 saturated heterocycles. The van der Waals surface area contributed by atoms with Crippen molar-refractivity contribution < 1.29 is 9.18 Å². The van der Waals surface area contributed by atoms with Gasteiger partial charge in [-0.2, -0.15) is 5.10 Å². The van der Waals surface area contributed by atoms with Crippen LogP contribution in [0.4, 0.5) is 10.1 Å². The van der Waals surface area contributed by atoms with Crippen LogP contribution in [0.3, 0.4) is 0 Å². The molecule has 1 aromatic heterocycles. The third-order valence-electron chi connectivity index (χ3n) is 3.46. The van der Waals surface area contributed by atoms with Gasteiger partial charge in [0.25, 0.3) is 5.91 Å². The predicted molar refractivity (Wildman–Crippen MR) is 89.8 cm³/mol. The Hall–Kier alpha value is -2.11. The van der Waals surface area contributed by atoms with Crippen LogP contribution in [0.5, 0.6) is 0 Å². The Morgan fingerprint density at radius 1 is 1.26 bits per heavy atom. The molecule has 1 amide bonds. The van der Waals surface area contributed by atoms with Crippen molar-refractivity contribution in [3.8, 4) is 0 Å². The van der Waals surface area contributed by atoms with Gasteiger partial charge < -0.3 is 5.32 Å². The number of halogens is 3. The maximum atomic E-state index is 13.5. The number of amides is 1. The summed E-state index contributed by atoms with van der Waals surface area (Å²) in [6.07, 6.45) is 1.76. The van der Waals surface area contributed by atoms with Crippen LogP contribution in [0.2, 0.25) is 10.0 Å². The summed E-state index contributed by atoms with van der Waals surface area (Å²) in [7, 11) is 0. The lowest BCUT2D eigenvalue weighted by Crippen LogP contribution is -2.13. The van der Waals surface area contributed by atoms with Crippen molar-refractivity contribution in [3.05, 3.63) is 58.0 Å². The minimum atomic E-state index is -0.694. The topological polar surface area (TPSA) is 46.9 Å². The average Bonchev–Trinajstić information content (AvgIpc) is 2.93. The Labute approximate surface area is 141 Å². The molecule has 0 saturated carbocycles. The molecule has 0 aliphatic carbocycles. The number of fused-ring (bicyclic) bond motifs is 1. The highest BCUT2D eigenvalue weighted by Gasteiger charge is 2.15. The van der Waals surface area contributed by atoms with Crippen LogP contribution in [0.1, 0.15) is 17.3 Å². The van der Waals surface area contributed by atoms with Crippen LogP contribution in [-0.2, 0) is 6.54 Å². The molecule has 3 aromatic rings. The summed E-state index contributed by atoms with van der Waals surface area (Å²) in [4.78, 5) is 12.3. The summed E-state index contributed by atoms with van der Waals surface area (Å²) in [5.74, 6) is -1.20. The van der Waals surface area contributed by atoms with Gasteiger partial charge >= 0.3 is 0 Å². The molecule has 23 heavy (non-hydrogen) atoms. The van der Waals surface area contributed by atoms with Gasteiger partial charge in [0.15, 0.2) is 0 Å². The fourth-order valence-electron chi connectivity index (χ4n) is 2.30. The van der Waals surface area contributed by atoms with E-state index in [2.05, 4.69) is 10.4 Å². The Kier molecular flexibility index (Phi) is 4.24. The molecule has 0 radical (unpaired) electrons. The monoisotopic (exact) mass is 351 g/mol. The molecular formula is C16H12Cl2FN3O. The van der Waals surface area contributed by atoms with E-state index in [0.29, 0.717) is 5.69 Å². The van der Waals surface area contributed by atoms with E-state index >= 15 is 0 Å². The molecule has 1 N–H and O–H groups in total. The molecule has 4 nitrogen and oxygen atoms in total. The van der Waals surface area contributed by atoms with E-state index in [1.165, 1.54) is 6.07 Å². The van der Waals surface area contributed by atoms with E-state index in [0.717, 1.165) is 23.5 Å². The number of carbonyl (C=O) groups excluding carboxylic acids is 1. The van der Waals surface area contributed by atoms with Gasteiger partial charge in [0.2, 0.25) is 0 Å². The molecule has 0 fully saturated rings. The Bertz CT molecular complexity index is 908. The van der Waals surface area contributed by atoms with Gasteiger partial charge in [-0.05, 0) is 37.3 Å². The number of hydrogen-bond acceptors (Lipinski definition) is 2. The second-order valence-corrected chi connectivity index (χ2v) is 5.75. The van der Waals surface area contributed by atoms with Gasteiger partial charge in [0, 0.05) is 17.6 Å². The zero-order valence-electron chi connectivity index (χ0n) is 12.1. The number of nitrogens with zero attached hydrogens (tertiary/aromatic N) is 2. The Balaban J connectivity index is 1.92. The lowest BCUT2D eigenvalue weighted by Gasteiger charge is -2.08. The van der Waals surface area contributed by atoms with Crippen LogP contribution in [0.25, 0.3) is 10.9 Å². The first-order valence-electron chi connectivity index (χ1n) is 6.91. The van der Waals surface area contributed by atoms with Gasteiger partial charge in [-0.1, -0.05) is 23.2 Å². The van der Waals surface area contributed by atoms with E-state index in [9.17, 15) is 9.18 Å². The van der Waals surface area contributed by atoms with E-state index in [1.54, 1.807) is 12.3 Å². The van der Waals surface area contributed by atoms with Gasteiger partial charge in [-0.15, -0.1) is 0 Å². The van der Waals surface area contributed by atoms with Crippen molar-refractivity contribution in [2.75, 3.05) is 5.32 Å². The first-order valence-corrected chi connectivity index (χ1v) is 7.66.